The Bertz CT molecular complexity index is 1400. The van der Waals surface area contributed by atoms with E-state index >= 15 is 0 Å². The molecule has 1 aromatic carbocycles. The van der Waals surface area contributed by atoms with Crippen LogP contribution in [0.1, 0.15) is 76.0 Å². The molecule has 0 saturated carbocycles. The van der Waals surface area contributed by atoms with Gasteiger partial charge in [0.15, 0.2) is 0 Å². The predicted octanol–water partition coefficient (Wildman–Crippen LogP) is 5.32. The fraction of sp³-hybridized carbons (Fsp3) is 0.419. The molecular weight excluding hydrogens is 533 g/mol. The largest absolute Gasteiger partial charge is 0.553 e. The van der Waals surface area contributed by atoms with Gasteiger partial charge in [-0.05, 0) is 68.0 Å². The van der Waals surface area contributed by atoms with Crippen molar-refractivity contribution in [2.75, 3.05) is 29.3 Å². The molecule has 2 aromatic rings. The third-order valence-corrected chi connectivity index (χ3v) is 8.46. The molecule has 213 valence electrons. The van der Waals surface area contributed by atoms with Crippen molar-refractivity contribution in [3.63, 3.8) is 0 Å². The van der Waals surface area contributed by atoms with Crippen LogP contribution in [0.4, 0.5) is 11.5 Å². The molecule has 41 heavy (non-hydrogen) atoms. The van der Waals surface area contributed by atoms with E-state index in [1.54, 1.807) is 0 Å². The molecule has 1 aromatic heterocycles. The van der Waals surface area contributed by atoms with Crippen LogP contribution in [-0.2, 0) is 4.79 Å². The topological polar surface area (TPSA) is 67.6 Å². The minimum absolute atomic E-state index is 0.0630. The number of piperidine rings is 1. The number of hydrogen-bond donors (Lipinski definition) is 3. The second-order valence-corrected chi connectivity index (χ2v) is 11.4. The highest BCUT2D eigenvalue weighted by atomic mass is 35.5. The zero-order valence-corrected chi connectivity index (χ0v) is 24.6. The molecule has 1 fully saturated rings. The third kappa shape index (κ3) is 5.83. The Morgan fingerprint density at radius 3 is 2.61 bits per heavy atom. The van der Waals surface area contributed by atoms with Crippen LogP contribution in [0.2, 0.25) is 0 Å². The van der Waals surface area contributed by atoms with E-state index < -0.39 is 0 Å². The van der Waals surface area contributed by atoms with Gasteiger partial charge in [0.2, 0.25) is 5.91 Å². The SMILES string of the molecule is CCCCCCCC1=CN(c2ccc3n2[B]N2C(=C3c3ccc(NC(=O)CCl)cc3)C=CC2=[N+]2CCCCC2)NN1. The van der Waals surface area contributed by atoms with E-state index in [2.05, 4.69) is 92.2 Å². The van der Waals surface area contributed by atoms with Gasteiger partial charge in [0.25, 0.3) is 5.84 Å². The summed E-state index contributed by atoms with van der Waals surface area (Å²) >= 11 is 5.70. The van der Waals surface area contributed by atoms with Crippen LogP contribution < -0.4 is 21.3 Å². The number of carbonyl (C=O) groups excluding carboxylic acids is 1. The molecule has 0 bridgehead atoms. The number of rotatable bonds is 10. The van der Waals surface area contributed by atoms with E-state index in [4.69, 9.17) is 11.6 Å². The fourth-order valence-corrected chi connectivity index (χ4v) is 6.15. The summed E-state index contributed by atoms with van der Waals surface area (Å²) in [5.41, 5.74) is 13.2. The van der Waals surface area contributed by atoms with Crippen LogP contribution >= 0.6 is 11.6 Å². The maximum Gasteiger partial charge on any atom is 0.553 e. The van der Waals surface area contributed by atoms with E-state index in [1.807, 2.05) is 12.1 Å². The van der Waals surface area contributed by atoms with Gasteiger partial charge in [0.1, 0.15) is 17.4 Å². The first kappa shape index (κ1) is 27.7. The number of fused-ring (bicyclic) bond motifs is 2. The number of anilines is 2. The molecule has 4 aliphatic rings. The number of allylic oxidation sites excluding steroid dienone is 2. The molecule has 0 unspecified atom stereocenters. The zero-order valence-electron chi connectivity index (χ0n) is 23.8. The van der Waals surface area contributed by atoms with Crippen molar-refractivity contribution in [1.29, 1.82) is 0 Å². The Morgan fingerprint density at radius 1 is 1.02 bits per heavy atom. The van der Waals surface area contributed by atoms with E-state index in [-0.39, 0.29) is 11.8 Å². The lowest BCUT2D eigenvalue weighted by atomic mass is 9.91. The number of nitrogens with one attached hydrogen (secondary N) is 3. The number of carbonyl (C=O) groups is 1. The second kappa shape index (κ2) is 12.6. The van der Waals surface area contributed by atoms with Crippen LogP contribution in [0, 0.1) is 0 Å². The molecule has 1 amide bonds. The highest BCUT2D eigenvalue weighted by molar-refractivity contribution is 6.41. The Balaban J connectivity index is 1.32. The van der Waals surface area contributed by atoms with Gasteiger partial charge in [0.05, 0.1) is 13.1 Å². The second-order valence-electron chi connectivity index (χ2n) is 11.1. The van der Waals surface area contributed by atoms with Crippen LogP contribution in [0.15, 0.2) is 66.1 Å². The van der Waals surface area contributed by atoms with Crippen molar-refractivity contribution in [1.82, 2.24) is 20.2 Å². The van der Waals surface area contributed by atoms with Gasteiger partial charge >= 0.3 is 7.55 Å². The number of hydrogen-bond acceptors (Lipinski definition) is 4. The first-order chi connectivity index (χ1) is 20.2. The lowest BCUT2D eigenvalue weighted by Gasteiger charge is -2.28. The zero-order chi connectivity index (χ0) is 28.2. The predicted molar refractivity (Wildman–Crippen MR) is 167 cm³/mol. The number of nitrogens with zero attached hydrogens (tertiary/aromatic N) is 4. The van der Waals surface area contributed by atoms with E-state index in [0.29, 0.717) is 0 Å². The highest BCUT2D eigenvalue weighted by Crippen LogP contribution is 2.39. The number of aromatic nitrogens is 1. The number of alkyl halides is 1. The molecule has 4 aliphatic heterocycles. The maximum absolute atomic E-state index is 11.8. The summed E-state index contributed by atoms with van der Waals surface area (Å²) in [6.45, 7) is 4.41. The van der Waals surface area contributed by atoms with Gasteiger partial charge in [-0.3, -0.25) is 14.2 Å². The van der Waals surface area contributed by atoms with E-state index in [0.717, 1.165) is 53.5 Å². The molecular formula is C31H39BClN7O+. The normalized spacial score (nSPS) is 17.9. The molecule has 0 spiro atoms. The number of benzene rings is 1. The fourth-order valence-electron chi connectivity index (χ4n) is 6.08. The molecule has 1 saturated heterocycles. The molecule has 8 nitrogen and oxygen atoms in total. The summed E-state index contributed by atoms with van der Waals surface area (Å²) in [6.07, 6.45) is 17.8. The minimum Gasteiger partial charge on any atom is -0.329 e. The molecule has 0 atom stereocenters. The first-order valence-electron chi connectivity index (χ1n) is 15.0. The number of amides is 1. The summed E-state index contributed by atoms with van der Waals surface area (Å²) in [7, 11) is 2.22. The van der Waals surface area contributed by atoms with Crippen molar-refractivity contribution in [3.8, 4) is 0 Å². The monoisotopic (exact) mass is 571 g/mol. The van der Waals surface area contributed by atoms with Crippen molar-refractivity contribution in [2.45, 2.75) is 64.7 Å². The van der Waals surface area contributed by atoms with E-state index in [9.17, 15) is 4.79 Å². The van der Waals surface area contributed by atoms with Gasteiger partial charge in [-0.1, -0.05) is 44.7 Å². The van der Waals surface area contributed by atoms with Gasteiger partial charge in [-0.2, -0.15) is 0 Å². The molecule has 5 heterocycles. The Morgan fingerprint density at radius 2 is 1.83 bits per heavy atom. The van der Waals surface area contributed by atoms with Crippen molar-refractivity contribution in [2.24, 2.45) is 0 Å². The van der Waals surface area contributed by atoms with Crippen LogP contribution in [0.3, 0.4) is 0 Å². The minimum atomic E-state index is -0.210. The number of unbranched alkanes of at least 4 members (excludes halogenated alkanes) is 4. The van der Waals surface area contributed by atoms with Crippen molar-refractivity contribution in [3.05, 3.63) is 77.4 Å². The average molecular weight is 572 g/mol. The third-order valence-electron chi connectivity index (χ3n) is 8.21. The average Bonchev–Trinajstić information content (AvgIpc) is 3.75. The number of amidine groups is 1. The molecule has 1 radical (unpaired) electrons. The molecule has 0 aliphatic carbocycles. The quantitative estimate of drug-likeness (QED) is 0.156. The molecule has 10 heteroatoms. The maximum atomic E-state index is 11.8. The summed E-state index contributed by atoms with van der Waals surface area (Å²) in [4.78, 5) is 14.2. The van der Waals surface area contributed by atoms with Crippen LogP contribution in [0.25, 0.3) is 5.57 Å². The lowest BCUT2D eigenvalue weighted by molar-refractivity contribution is -0.539. The van der Waals surface area contributed by atoms with Crippen LogP contribution in [0.5, 0.6) is 0 Å². The Labute approximate surface area is 248 Å². The van der Waals surface area contributed by atoms with Crippen LogP contribution in [-0.4, -0.2) is 52.1 Å². The molecule has 3 N–H and O–H groups in total. The first-order valence-corrected chi connectivity index (χ1v) is 15.6. The summed E-state index contributed by atoms with van der Waals surface area (Å²) < 4.78 is 4.78. The van der Waals surface area contributed by atoms with Gasteiger partial charge in [-0.15, -0.1) is 17.1 Å². The van der Waals surface area contributed by atoms with Gasteiger partial charge in [0, 0.05) is 34.9 Å². The van der Waals surface area contributed by atoms with Gasteiger partial charge < -0.3 is 15.2 Å². The van der Waals surface area contributed by atoms with Crippen molar-refractivity contribution >= 4 is 48.0 Å². The Hall–Kier alpha value is -3.43. The summed E-state index contributed by atoms with van der Waals surface area (Å²) in [5, 5.41) is 4.93. The highest BCUT2D eigenvalue weighted by Gasteiger charge is 2.41. The standard InChI is InChI=1S/C31H38BClN7O/c1-2-3-4-5-7-10-25-22-38(36-35-25)30-18-16-27-31(23-11-13-24(14-12-23)34-28(41)21-33)26-15-17-29(39(26)32-40(27)30)37-19-8-6-9-20-37/h11-18,22,35-36H,2-10,19-21H2,1H3/p+1. The summed E-state index contributed by atoms with van der Waals surface area (Å²) in [6, 6.07) is 12.4. The van der Waals surface area contributed by atoms with Crippen molar-refractivity contribution < 1.29 is 9.37 Å². The smallest absolute Gasteiger partial charge is 0.329 e. The summed E-state index contributed by atoms with van der Waals surface area (Å²) in [5.74, 6) is 2.00. The number of halogens is 1. The Kier molecular flexibility index (Phi) is 8.53. The lowest BCUT2D eigenvalue weighted by Crippen LogP contribution is -2.45. The van der Waals surface area contributed by atoms with E-state index in [1.165, 1.54) is 62.9 Å². The molecule has 6 rings (SSSR count). The van der Waals surface area contributed by atoms with Gasteiger partial charge in [-0.25, -0.2) is 5.01 Å². The number of hydrazine groups is 2.